The maximum absolute atomic E-state index is 12.5. The van der Waals surface area contributed by atoms with Crippen LogP contribution in [0.15, 0.2) is 53.6 Å². The van der Waals surface area contributed by atoms with Crippen LogP contribution in [0.5, 0.6) is 0 Å². The lowest BCUT2D eigenvalue weighted by atomic mass is 10.1. The van der Waals surface area contributed by atoms with Crippen molar-refractivity contribution in [2.75, 3.05) is 10.3 Å². The van der Waals surface area contributed by atoms with Crippen LogP contribution in [0.3, 0.4) is 0 Å². The molecule has 26 heavy (non-hydrogen) atoms. The molecule has 0 radical (unpaired) electrons. The average molecular weight is 352 g/mol. The van der Waals surface area contributed by atoms with Crippen LogP contribution in [0.2, 0.25) is 0 Å². The van der Waals surface area contributed by atoms with Crippen molar-refractivity contribution in [3.8, 4) is 0 Å². The van der Waals surface area contributed by atoms with Crippen molar-refractivity contribution < 1.29 is 14.5 Å². The smallest absolute Gasteiger partial charge is 0.271 e. The zero-order valence-electron chi connectivity index (χ0n) is 14.0. The number of carbonyl (C=O) groups excluding carboxylic acids is 2. The number of hydrogen-bond acceptors (Lipinski definition) is 5. The van der Waals surface area contributed by atoms with E-state index >= 15 is 0 Å². The Labute approximate surface area is 149 Å². The Kier molecular flexibility index (Phi) is 4.74. The summed E-state index contributed by atoms with van der Waals surface area (Å²) in [4.78, 5) is 34.9. The fourth-order valence-corrected chi connectivity index (χ4v) is 2.58. The number of para-hydroxylation sites is 1. The van der Waals surface area contributed by atoms with Crippen molar-refractivity contribution in [1.29, 1.82) is 0 Å². The number of non-ortho nitro benzene ring substituents is 1. The molecule has 1 aliphatic heterocycles. The Bertz CT molecular complexity index is 909. The van der Waals surface area contributed by atoms with E-state index in [0.717, 1.165) is 0 Å². The van der Waals surface area contributed by atoms with Gasteiger partial charge in [0.1, 0.15) is 5.71 Å². The van der Waals surface area contributed by atoms with E-state index in [2.05, 4.69) is 10.4 Å². The summed E-state index contributed by atoms with van der Waals surface area (Å²) in [5.74, 6) is -0.616. The molecule has 132 valence electrons. The van der Waals surface area contributed by atoms with Gasteiger partial charge in [0.15, 0.2) is 0 Å². The largest absolute Gasteiger partial charge is 0.321 e. The summed E-state index contributed by atoms with van der Waals surface area (Å²) >= 11 is 0. The molecule has 2 aromatic carbocycles. The first kappa shape index (κ1) is 17.3. The molecule has 0 unspecified atom stereocenters. The van der Waals surface area contributed by atoms with Crippen molar-refractivity contribution >= 4 is 34.6 Å². The van der Waals surface area contributed by atoms with Crippen LogP contribution in [0.4, 0.5) is 17.1 Å². The fraction of sp³-hybridized carbons (Fsp3) is 0.167. The third kappa shape index (κ3) is 3.59. The molecule has 0 fully saturated rings. The number of hydrazone groups is 1. The summed E-state index contributed by atoms with van der Waals surface area (Å²) in [5, 5.41) is 18.9. The van der Waals surface area contributed by atoms with Gasteiger partial charge in [-0.25, -0.2) is 5.01 Å². The molecule has 8 nitrogen and oxygen atoms in total. The number of nitro benzene ring substituents is 1. The van der Waals surface area contributed by atoms with E-state index in [1.807, 2.05) is 6.07 Å². The van der Waals surface area contributed by atoms with Crippen molar-refractivity contribution in [2.45, 2.75) is 19.8 Å². The van der Waals surface area contributed by atoms with Crippen LogP contribution in [0.1, 0.15) is 18.4 Å². The molecule has 1 aliphatic rings. The zero-order chi connectivity index (χ0) is 18.7. The molecular weight excluding hydrogens is 336 g/mol. The van der Waals surface area contributed by atoms with Gasteiger partial charge in [-0.15, -0.1) is 0 Å². The van der Waals surface area contributed by atoms with Gasteiger partial charge in [0.25, 0.3) is 11.6 Å². The maximum atomic E-state index is 12.5. The number of rotatable bonds is 4. The second kappa shape index (κ2) is 7.14. The summed E-state index contributed by atoms with van der Waals surface area (Å²) in [5.41, 5.74) is 1.81. The molecule has 0 aliphatic carbocycles. The summed E-state index contributed by atoms with van der Waals surface area (Å²) in [6.07, 6.45) is 0.417. The third-order valence-corrected chi connectivity index (χ3v) is 3.96. The van der Waals surface area contributed by atoms with Gasteiger partial charge in [-0.2, -0.15) is 5.10 Å². The molecule has 1 N–H and O–H groups in total. The third-order valence-electron chi connectivity index (χ3n) is 3.96. The van der Waals surface area contributed by atoms with E-state index < -0.39 is 10.8 Å². The van der Waals surface area contributed by atoms with Gasteiger partial charge in [0.2, 0.25) is 5.91 Å². The number of carbonyl (C=O) groups is 2. The number of hydrogen-bond donors (Lipinski definition) is 1. The normalized spacial score (nSPS) is 14.0. The predicted octanol–water partition coefficient (Wildman–Crippen LogP) is 3.02. The number of nitrogens with zero attached hydrogens (tertiary/aromatic N) is 3. The van der Waals surface area contributed by atoms with Gasteiger partial charge in [-0.05, 0) is 30.7 Å². The first-order chi connectivity index (χ1) is 12.5. The van der Waals surface area contributed by atoms with Crippen LogP contribution in [-0.4, -0.2) is 22.4 Å². The van der Waals surface area contributed by atoms with E-state index in [4.69, 9.17) is 0 Å². The highest BCUT2D eigenvalue weighted by atomic mass is 16.6. The van der Waals surface area contributed by atoms with E-state index in [9.17, 15) is 19.7 Å². The molecule has 0 aromatic heterocycles. The molecule has 0 bridgehead atoms. The minimum absolute atomic E-state index is 0.0450. The van der Waals surface area contributed by atoms with Crippen molar-refractivity contribution in [3.63, 3.8) is 0 Å². The standard InChI is InChI=1S/C18H16N4O4/c1-12-11-14(22(25)26)7-8-15(12)19-18(24)16-9-10-17(23)21(20-16)13-5-3-2-4-6-13/h2-8,11H,9-10H2,1H3,(H,19,24). The molecule has 0 spiro atoms. The SMILES string of the molecule is Cc1cc([N+](=O)[O-])ccc1NC(=O)C1=NN(c2ccccc2)C(=O)CC1. The van der Waals surface area contributed by atoms with E-state index in [1.165, 1.54) is 23.2 Å². The van der Waals surface area contributed by atoms with E-state index in [1.54, 1.807) is 31.2 Å². The Morgan fingerprint density at radius 3 is 2.58 bits per heavy atom. The Balaban J connectivity index is 1.81. The minimum atomic E-state index is -0.493. The van der Waals surface area contributed by atoms with Gasteiger partial charge in [0.05, 0.1) is 10.6 Å². The number of nitro groups is 1. The highest BCUT2D eigenvalue weighted by Crippen LogP contribution is 2.23. The van der Waals surface area contributed by atoms with Gasteiger partial charge in [-0.1, -0.05) is 18.2 Å². The molecule has 1 heterocycles. The predicted molar refractivity (Wildman–Crippen MR) is 97.1 cm³/mol. The second-order valence-corrected chi connectivity index (χ2v) is 5.80. The molecule has 3 rings (SSSR count). The number of benzene rings is 2. The van der Waals surface area contributed by atoms with Crippen LogP contribution in [0.25, 0.3) is 0 Å². The molecule has 0 saturated heterocycles. The van der Waals surface area contributed by atoms with Crippen LogP contribution >= 0.6 is 0 Å². The monoisotopic (exact) mass is 352 g/mol. The van der Waals surface area contributed by atoms with E-state index in [0.29, 0.717) is 16.9 Å². The van der Waals surface area contributed by atoms with E-state index in [-0.39, 0.29) is 30.1 Å². The first-order valence-corrected chi connectivity index (χ1v) is 7.97. The number of nitrogens with one attached hydrogen (secondary N) is 1. The molecular formula is C18H16N4O4. The number of anilines is 2. The molecule has 0 saturated carbocycles. The van der Waals surface area contributed by atoms with Crippen molar-refractivity contribution in [1.82, 2.24) is 0 Å². The Hall–Kier alpha value is -3.55. The Morgan fingerprint density at radius 1 is 1.19 bits per heavy atom. The highest BCUT2D eigenvalue weighted by Gasteiger charge is 2.25. The number of amides is 2. The van der Waals surface area contributed by atoms with Crippen LogP contribution in [0, 0.1) is 17.0 Å². The quantitative estimate of drug-likeness (QED) is 0.674. The zero-order valence-corrected chi connectivity index (χ0v) is 14.0. The summed E-state index contributed by atoms with van der Waals surface area (Å²) in [6.45, 7) is 1.67. The summed E-state index contributed by atoms with van der Waals surface area (Å²) in [7, 11) is 0. The maximum Gasteiger partial charge on any atom is 0.271 e. The highest BCUT2D eigenvalue weighted by molar-refractivity contribution is 6.44. The lowest BCUT2D eigenvalue weighted by molar-refractivity contribution is -0.384. The van der Waals surface area contributed by atoms with Gasteiger partial charge in [-0.3, -0.25) is 19.7 Å². The van der Waals surface area contributed by atoms with Crippen molar-refractivity contribution in [3.05, 3.63) is 64.2 Å². The second-order valence-electron chi connectivity index (χ2n) is 5.80. The Morgan fingerprint density at radius 2 is 1.92 bits per heavy atom. The summed E-state index contributed by atoms with van der Waals surface area (Å²) < 4.78 is 0. The topological polar surface area (TPSA) is 105 Å². The summed E-state index contributed by atoms with van der Waals surface area (Å²) in [6, 6.07) is 13.1. The molecule has 2 aromatic rings. The fourth-order valence-electron chi connectivity index (χ4n) is 2.58. The molecule has 2 amide bonds. The average Bonchev–Trinajstić information content (AvgIpc) is 2.64. The lowest BCUT2D eigenvalue weighted by Gasteiger charge is -2.23. The number of aryl methyl sites for hydroxylation is 1. The van der Waals surface area contributed by atoms with Gasteiger partial charge < -0.3 is 5.32 Å². The molecule has 0 atom stereocenters. The first-order valence-electron chi connectivity index (χ1n) is 7.97. The van der Waals surface area contributed by atoms with Crippen LogP contribution < -0.4 is 10.3 Å². The van der Waals surface area contributed by atoms with Crippen molar-refractivity contribution in [2.24, 2.45) is 5.10 Å². The van der Waals surface area contributed by atoms with Crippen LogP contribution in [-0.2, 0) is 9.59 Å². The minimum Gasteiger partial charge on any atom is -0.321 e. The lowest BCUT2D eigenvalue weighted by Crippen LogP contribution is -2.36. The van der Waals surface area contributed by atoms with Gasteiger partial charge in [0, 0.05) is 30.7 Å². The van der Waals surface area contributed by atoms with Gasteiger partial charge >= 0.3 is 0 Å². The molecule has 8 heteroatoms.